The van der Waals surface area contributed by atoms with E-state index in [1.54, 1.807) is 0 Å². The van der Waals surface area contributed by atoms with Crippen LogP contribution in [0.2, 0.25) is 0 Å². The normalized spacial score (nSPS) is 30.7. The lowest BCUT2D eigenvalue weighted by Crippen LogP contribution is -2.60. The Kier molecular flexibility index (Phi) is 5.39. The number of carboxylic acids is 1. The maximum Gasteiger partial charge on any atom is 0.339 e. The molecule has 1 aromatic rings. The van der Waals surface area contributed by atoms with Crippen LogP contribution < -0.4 is 9.47 Å². The summed E-state index contributed by atoms with van der Waals surface area (Å²) >= 11 is 0. The fourth-order valence-electron chi connectivity index (χ4n) is 2.22. The van der Waals surface area contributed by atoms with Crippen molar-refractivity contribution in [2.75, 3.05) is 13.7 Å². The van der Waals surface area contributed by atoms with Crippen LogP contribution in [0.4, 0.5) is 0 Å². The standard InChI is InChI=1S/C14H18O9/c1-21-8-4-6(2-3-7(8)13(19)20)22-14-12(18)11(17)10(16)9(5-15)23-14/h2-4,9-12,14-18H,5H2,1H3,(H,19,20). The zero-order valence-electron chi connectivity index (χ0n) is 12.2. The largest absolute Gasteiger partial charge is 0.496 e. The lowest BCUT2D eigenvalue weighted by atomic mass is 9.99. The molecule has 0 bridgehead atoms. The van der Waals surface area contributed by atoms with Gasteiger partial charge in [0.2, 0.25) is 6.29 Å². The maximum atomic E-state index is 11.0. The summed E-state index contributed by atoms with van der Waals surface area (Å²) in [6, 6.07) is 3.86. The van der Waals surface area contributed by atoms with Gasteiger partial charge in [0.25, 0.3) is 0 Å². The van der Waals surface area contributed by atoms with Gasteiger partial charge in [-0.05, 0) is 12.1 Å². The molecule has 1 aromatic carbocycles. The quantitative estimate of drug-likeness (QED) is 0.438. The summed E-state index contributed by atoms with van der Waals surface area (Å²) in [6.07, 6.45) is -7.06. The van der Waals surface area contributed by atoms with Crippen molar-refractivity contribution in [1.29, 1.82) is 0 Å². The van der Waals surface area contributed by atoms with E-state index in [1.165, 1.54) is 25.3 Å². The van der Waals surface area contributed by atoms with E-state index >= 15 is 0 Å². The van der Waals surface area contributed by atoms with Gasteiger partial charge in [0, 0.05) is 6.07 Å². The third-order valence-corrected chi connectivity index (χ3v) is 3.50. The molecule has 1 saturated heterocycles. The van der Waals surface area contributed by atoms with Gasteiger partial charge < -0.3 is 39.7 Å². The van der Waals surface area contributed by atoms with Crippen molar-refractivity contribution >= 4 is 5.97 Å². The van der Waals surface area contributed by atoms with Gasteiger partial charge in [-0.15, -0.1) is 0 Å². The number of methoxy groups -OCH3 is 1. The van der Waals surface area contributed by atoms with Gasteiger partial charge in [-0.1, -0.05) is 0 Å². The van der Waals surface area contributed by atoms with E-state index in [0.717, 1.165) is 0 Å². The Morgan fingerprint density at radius 3 is 2.48 bits per heavy atom. The summed E-state index contributed by atoms with van der Waals surface area (Å²) in [5.74, 6) is -1.02. The lowest BCUT2D eigenvalue weighted by molar-refractivity contribution is -0.277. The third kappa shape index (κ3) is 3.54. The minimum Gasteiger partial charge on any atom is -0.496 e. The average molecular weight is 330 g/mol. The molecular formula is C14H18O9. The van der Waals surface area contributed by atoms with Crippen molar-refractivity contribution in [1.82, 2.24) is 0 Å². The van der Waals surface area contributed by atoms with Gasteiger partial charge in [0.1, 0.15) is 41.5 Å². The van der Waals surface area contributed by atoms with Crippen molar-refractivity contribution in [3.05, 3.63) is 23.8 Å². The zero-order chi connectivity index (χ0) is 17.1. The second kappa shape index (κ2) is 7.11. The Bertz CT molecular complexity index is 559. The van der Waals surface area contributed by atoms with Crippen molar-refractivity contribution in [3.63, 3.8) is 0 Å². The summed E-state index contributed by atoms with van der Waals surface area (Å²) in [7, 11) is 1.29. The summed E-state index contributed by atoms with van der Waals surface area (Å²) in [5, 5.41) is 47.4. The molecule has 9 nitrogen and oxygen atoms in total. The third-order valence-electron chi connectivity index (χ3n) is 3.50. The molecule has 9 heteroatoms. The Labute approximate surface area is 131 Å². The molecule has 5 unspecified atom stereocenters. The second-order valence-corrected chi connectivity index (χ2v) is 4.98. The molecule has 5 N–H and O–H groups in total. The fraction of sp³-hybridized carbons (Fsp3) is 0.500. The molecule has 1 fully saturated rings. The molecule has 23 heavy (non-hydrogen) atoms. The van der Waals surface area contributed by atoms with Crippen LogP contribution in [-0.2, 0) is 4.74 Å². The molecule has 0 saturated carbocycles. The first kappa shape index (κ1) is 17.4. The van der Waals surface area contributed by atoms with E-state index in [9.17, 15) is 20.1 Å². The second-order valence-electron chi connectivity index (χ2n) is 4.98. The highest BCUT2D eigenvalue weighted by atomic mass is 16.7. The molecule has 2 rings (SSSR count). The summed E-state index contributed by atoms with van der Waals surface area (Å²) < 4.78 is 15.5. The lowest BCUT2D eigenvalue weighted by Gasteiger charge is -2.39. The summed E-state index contributed by atoms with van der Waals surface area (Å²) in [5.41, 5.74) is -0.0753. The number of carboxylic acid groups (broad SMARTS) is 1. The Balaban J connectivity index is 2.19. The number of benzene rings is 1. The van der Waals surface area contributed by atoms with Crippen LogP contribution in [-0.4, -0.2) is 75.9 Å². The smallest absolute Gasteiger partial charge is 0.339 e. The molecule has 0 aromatic heterocycles. The van der Waals surface area contributed by atoms with Crippen LogP contribution in [0.1, 0.15) is 10.4 Å². The highest BCUT2D eigenvalue weighted by Gasteiger charge is 2.44. The van der Waals surface area contributed by atoms with Gasteiger partial charge in [0.15, 0.2) is 0 Å². The molecule has 0 radical (unpaired) electrons. The number of hydrogen-bond donors (Lipinski definition) is 5. The number of aliphatic hydroxyl groups excluding tert-OH is 4. The first-order valence-corrected chi connectivity index (χ1v) is 6.77. The van der Waals surface area contributed by atoms with Crippen LogP contribution in [0.15, 0.2) is 18.2 Å². The van der Waals surface area contributed by atoms with Gasteiger partial charge in [0.05, 0.1) is 13.7 Å². The highest BCUT2D eigenvalue weighted by Crippen LogP contribution is 2.28. The monoisotopic (exact) mass is 330 g/mol. The topological polar surface area (TPSA) is 146 Å². The Morgan fingerprint density at radius 2 is 1.91 bits per heavy atom. The molecule has 1 aliphatic rings. The molecule has 0 spiro atoms. The number of aliphatic hydroxyl groups is 4. The Morgan fingerprint density at radius 1 is 1.22 bits per heavy atom. The molecule has 5 atom stereocenters. The number of hydrogen-bond acceptors (Lipinski definition) is 8. The van der Waals surface area contributed by atoms with E-state index in [1.807, 2.05) is 0 Å². The van der Waals surface area contributed by atoms with Crippen molar-refractivity contribution < 1.29 is 44.5 Å². The minimum atomic E-state index is -1.56. The van der Waals surface area contributed by atoms with Crippen LogP contribution in [0.5, 0.6) is 11.5 Å². The maximum absolute atomic E-state index is 11.0. The molecule has 0 aliphatic carbocycles. The first-order valence-electron chi connectivity index (χ1n) is 6.77. The molecule has 0 amide bonds. The van der Waals surface area contributed by atoms with E-state index < -0.39 is 43.3 Å². The zero-order valence-corrected chi connectivity index (χ0v) is 12.2. The van der Waals surface area contributed by atoms with E-state index in [-0.39, 0.29) is 17.1 Å². The number of carbonyl (C=O) groups is 1. The fourth-order valence-corrected chi connectivity index (χ4v) is 2.22. The Hall–Kier alpha value is -1.91. The van der Waals surface area contributed by atoms with Crippen molar-refractivity contribution in [2.24, 2.45) is 0 Å². The SMILES string of the molecule is COc1cc(OC2OC(CO)C(O)C(O)C2O)ccc1C(=O)O. The predicted molar refractivity (Wildman–Crippen MR) is 74.3 cm³/mol. The van der Waals surface area contributed by atoms with Gasteiger partial charge in [-0.25, -0.2) is 4.79 Å². The van der Waals surface area contributed by atoms with Gasteiger partial charge in [-0.3, -0.25) is 0 Å². The van der Waals surface area contributed by atoms with Crippen molar-refractivity contribution in [3.8, 4) is 11.5 Å². The predicted octanol–water partition coefficient (Wildman–Crippen LogP) is -1.43. The van der Waals surface area contributed by atoms with Gasteiger partial charge >= 0.3 is 5.97 Å². The van der Waals surface area contributed by atoms with Crippen LogP contribution >= 0.6 is 0 Å². The van der Waals surface area contributed by atoms with Crippen LogP contribution in [0.25, 0.3) is 0 Å². The summed E-state index contributed by atoms with van der Waals surface area (Å²) in [4.78, 5) is 11.0. The number of aromatic carboxylic acids is 1. The van der Waals surface area contributed by atoms with Crippen molar-refractivity contribution in [2.45, 2.75) is 30.7 Å². The molecule has 1 aliphatic heterocycles. The van der Waals surface area contributed by atoms with E-state index in [4.69, 9.17) is 24.4 Å². The average Bonchev–Trinajstić information content (AvgIpc) is 2.54. The van der Waals surface area contributed by atoms with Crippen LogP contribution in [0.3, 0.4) is 0 Å². The molecule has 128 valence electrons. The molecular weight excluding hydrogens is 312 g/mol. The number of ether oxygens (including phenoxy) is 3. The minimum absolute atomic E-state index is 0.0413. The summed E-state index contributed by atoms with van der Waals surface area (Å²) in [6.45, 7) is -0.577. The molecule has 1 heterocycles. The number of rotatable bonds is 5. The van der Waals surface area contributed by atoms with Crippen LogP contribution in [0, 0.1) is 0 Å². The van der Waals surface area contributed by atoms with E-state index in [2.05, 4.69) is 0 Å². The van der Waals surface area contributed by atoms with E-state index in [0.29, 0.717) is 0 Å². The van der Waals surface area contributed by atoms with Gasteiger partial charge in [-0.2, -0.15) is 0 Å². The highest BCUT2D eigenvalue weighted by molar-refractivity contribution is 5.91. The first-order chi connectivity index (χ1) is 10.9.